The van der Waals surface area contributed by atoms with Crippen molar-refractivity contribution in [1.29, 1.82) is 0 Å². The van der Waals surface area contributed by atoms with Crippen molar-refractivity contribution >= 4 is 45.6 Å². The van der Waals surface area contributed by atoms with Crippen molar-refractivity contribution in [2.75, 3.05) is 0 Å². The van der Waals surface area contributed by atoms with Crippen LogP contribution >= 0.6 is 0 Å². The van der Waals surface area contributed by atoms with E-state index in [9.17, 15) is 0 Å². The molecule has 0 fully saturated rings. The summed E-state index contributed by atoms with van der Waals surface area (Å²) in [5.74, 6) is 1.58. The Kier molecular flexibility index (Phi) is 4.03. The summed E-state index contributed by atoms with van der Waals surface area (Å²) in [6.07, 6.45) is 3.55. The third-order valence-electron chi connectivity index (χ3n) is 3.54. The van der Waals surface area contributed by atoms with Gasteiger partial charge in [-0.3, -0.25) is 0 Å². The van der Waals surface area contributed by atoms with Crippen molar-refractivity contribution in [2.45, 2.75) is 0 Å². The number of rotatable bonds is 4. The Balaban J connectivity index is 1.55. The van der Waals surface area contributed by atoms with Crippen molar-refractivity contribution in [2.24, 2.45) is 0 Å². The van der Waals surface area contributed by atoms with Crippen LogP contribution in [0.4, 0.5) is 0 Å². The van der Waals surface area contributed by atoms with E-state index in [0.29, 0.717) is 0 Å². The molecule has 0 atom stereocenters. The first-order valence-electron chi connectivity index (χ1n) is 7.24. The topological polar surface area (TPSA) is 44.2 Å². The molecule has 109 valence electrons. The van der Waals surface area contributed by atoms with Gasteiger partial charge in [-0.05, 0) is 0 Å². The van der Waals surface area contributed by atoms with Crippen LogP contribution in [0.25, 0.3) is 21.8 Å². The Morgan fingerprint density at radius 2 is 1.09 bits per heavy atom. The molecular weight excluding hydrogens is 391 g/mol. The maximum atomic E-state index is 5.95. The summed E-state index contributed by atoms with van der Waals surface area (Å²) < 4.78 is 11.9. The molecule has 0 spiro atoms. The number of hydrogen-bond donors (Lipinski definition) is 0. The Bertz CT molecular complexity index is 885. The first-order valence-corrected chi connectivity index (χ1v) is 9.93. The fourth-order valence-electron chi connectivity index (χ4n) is 2.47. The summed E-state index contributed by atoms with van der Waals surface area (Å²) in [6, 6.07) is 19.8. The summed E-state index contributed by atoms with van der Waals surface area (Å²) in [7, 11) is 0. The van der Waals surface area contributed by atoms with Crippen molar-refractivity contribution in [3.8, 4) is 11.5 Å². The monoisotopic (exact) mass is 403 g/mol. The zero-order valence-electron chi connectivity index (χ0n) is 12.2. The third kappa shape index (κ3) is 2.97. The van der Waals surface area contributed by atoms with Crippen molar-refractivity contribution in [1.82, 2.24) is 9.97 Å². The van der Waals surface area contributed by atoms with E-state index in [-0.39, 0.29) is 0 Å². The quantitative estimate of drug-likeness (QED) is 0.521. The molecule has 2 heterocycles. The fraction of sp³-hybridized carbons (Fsp3) is 0. The van der Waals surface area contributed by atoms with E-state index in [1.54, 1.807) is 12.4 Å². The average Bonchev–Trinajstić information content (AvgIpc) is 2.62. The van der Waals surface area contributed by atoms with Crippen LogP contribution in [0.5, 0.6) is 11.5 Å². The van der Waals surface area contributed by atoms with Gasteiger partial charge < -0.3 is 0 Å². The van der Waals surface area contributed by atoms with Crippen LogP contribution in [0, 0.1) is 0 Å². The second-order valence-electron chi connectivity index (χ2n) is 4.99. The molecule has 4 aromatic rings. The molecule has 23 heavy (non-hydrogen) atoms. The van der Waals surface area contributed by atoms with Gasteiger partial charge in [0.05, 0.1) is 0 Å². The molecule has 0 aliphatic carbocycles. The molecule has 0 aliphatic rings. The van der Waals surface area contributed by atoms with Crippen molar-refractivity contribution in [3.05, 3.63) is 73.1 Å². The molecule has 0 saturated heterocycles. The van der Waals surface area contributed by atoms with Crippen LogP contribution in [0.15, 0.2) is 73.1 Å². The molecule has 0 bridgehead atoms. The number of para-hydroxylation sites is 2. The predicted molar refractivity (Wildman–Crippen MR) is 90.5 cm³/mol. The van der Waals surface area contributed by atoms with E-state index in [0.717, 1.165) is 33.3 Å². The Morgan fingerprint density at radius 3 is 1.61 bits per heavy atom. The minimum atomic E-state index is -1.74. The van der Waals surface area contributed by atoms with Gasteiger partial charge in [-0.2, -0.15) is 0 Å². The van der Waals surface area contributed by atoms with Gasteiger partial charge in [-0.15, -0.1) is 0 Å². The molecule has 5 heteroatoms. The molecule has 0 saturated carbocycles. The Hall–Kier alpha value is -2.27. The van der Waals surface area contributed by atoms with Gasteiger partial charge in [-0.1, -0.05) is 0 Å². The number of benzene rings is 2. The summed E-state index contributed by atoms with van der Waals surface area (Å²) in [5.41, 5.74) is 1.75. The number of fused-ring (bicyclic) bond motifs is 2. The zero-order valence-corrected chi connectivity index (χ0v) is 15.5. The van der Waals surface area contributed by atoms with E-state index in [1.165, 1.54) is 0 Å². The normalized spacial score (nSPS) is 10.6. The maximum absolute atomic E-state index is 5.95. The van der Waals surface area contributed by atoms with E-state index in [1.807, 2.05) is 60.7 Å². The van der Waals surface area contributed by atoms with Crippen LogP contribution in [0.3, 0.4) is 0 Å². The van der Waals surface area contributed by atoms with Crippen LogP contribution in [-0.2, 0) is 0 Å². The predicted octanol–water partition coefficient (Wildman–Crippen LogP) is 3.78. The SMILES string of the molecule is c1cnc2c([O][In][O]c3cccc4cccnc34)cccc2c1. The van der Waals surface area contributed by atoms with E-state index in [2.05, 4.69) is 9.97 Å². The Labute approximate surface area is 145 Å². The third-order valence-corrected chi connectivity index (χ3v) is 5.54. The molecule has 0 N–H and O–H groups in total. The second-order valence-corrected chi connectivity index (χ2v) is 6.89. The molecular formula is C18H12InN2O2. The first-order chi connectivity index (χ1) is 11.4. The van der Waals surface area contributed by atoms with Crippen LogP contribution in [0.2, 0.25) is 0 Å². The molecule has 2 aromatic carbocycles. The number of nitrogens with zero attached hydrogens (tertiary/aromatic N) is 2. The molecule has 1 radical (unpaired) electrons. The number of aromatic nitrogens is 2. The minimum absolute atomic E-state index is 0.789. The van der Waals surface area contributed by atoms with Gasteiger partial charge in [0.2, 0.25) is 0 Å². The van der Waals surface area contributed by atoms with Crippen LogP contribution < -0.4 is 5.71 Å². The second kappa shape index (κ2) is 6.46. The first kappa shape index (κ1) is 14.3. The van der Waals surface area contributed by atoms with Crippen LogP contribution in [-0.4, -0.2) is 33.7 Å². The van der Waals surface area contributed by atoms with Gasteiger partial charge in [-0.25, -0.2) is 0 Å². The van der Waals surface area contributed by atoms with Gasteiger partial charge in [0.1, 0.15) is 0 Å². The molecule has 4 rings (SSSR count). The molecule has 2 aromatic heterocycles. The fourth-order valence-corrected chi connectivity index (χ4v) is 4.29. The summed E-state index contributed by atoms with van der Waals surface area (Å²) in [4.78, 5) is 8.79. The standard InChI is InChI=1S/2C9H7NO.In/c2*11-8-5-1-3-7-4-2-6-10-9(7)8;/h2*1-6,11H;/q;;+2/p-2. The van der Waals surface area contributed by atoms with Gasteiger partial charge in [0.15, 0.2) is 0 Å². The number of pyridine rings is 2. The summed E-state index contributed by atoms with van der Waals surface area (Å²) in [6.45, 7) is 0. The van der Waals surface area contributed by atoms with Crippen molar-refractivity contribution in [3.63, 3.8) is 0 Å². The van der Waals surface area contributed by atoms with Gasteiger partial charge in [0.25, 0.3) is 0 Å². The van der Waals surface area contributed by atoms with E-state index >= 15 is 0 Å². The molecule has 0 unspecified atom stereocenters. The Morgan fingerprint density at radius 1 is 0.609 bits per heavy atom. The van der Waals surface area contributed by atoms with E-state index < -0.39 is 23.8 Å². The molecule has 4 nitrogen and oxygen atoms in total. The number of hydrogen-bond acceptors (Lipinski definition) is 4. The van der Waals surface area contributed by atoms with Gasteiger partial charge in [0, 0.05) is 0 Å². The van der Waals surface area contributed by atoms with E-state index in [4.69, 9.17) is 5.71 Å². The molecule has 0 amide bonds. The van der Waals surface area contributed by atoms with Crippen LogP contribution in [0.1, 0.15) is 0 Å². The molecule has 0 aliphatic heterocycles. The zero-order chi connectivity index (χ0) is 15.5. The summed E-state index contributed by atoms with van der Waals surface area (Å²) in [5, 5.41) is 2.14. The average molecular weight is 403 g/mol. The van der Waals surface area contributed by atoms with Crippen molar-refractivity contribution < 1.29 is 5.71 Å². The summed E-state index contributed by atoms with van der Waals surface area (Å²) >= 11 is -1.74. The van der Waals surface area contributed by atoms with Gasteiger partial charge >= 0.3 is 146 Å².